The fourth-order valence-corrected chi connectivity index (χ4v) is 0.131. The van der Waals surface area contributed by atoms with Gasteiger partial charge in [-0.2, -0.15) is 0 Å². The molecule has 0 N–H and O–H groups in total. The van der Waals surface area contributed by atoms with Gasteiger partial charge in [0.2, 0.25) is 0 Å². The lowest BCUT2D eigenvalue weighted by Crippen LogP contribution is -1.57. The molecular weight excluding hydrogens is 60.1 g/mol. The van der Waals surface area contributed by atoms with Crippen molar-refractivity contribution in [3.63, 3.8) is 0 Å². The Morgan fingerprint density at radius 3 is 2.60 bits per heavy atom. The molecule has 0 saturated carbocycles. The summed E-state index contributed by atoms with van der Waals surface area (Å²) in [4.78, 5) is 0. The first-order valence-corrected chi connectivity index (χ1v) is 1.45. The van der Waals surface area contributed by atoms with Crippen LogP contribution in [0.5, 0.6) is 0 Å². The highest BCUT2D eigenvalue weighted by Gasteiger charge is 2.04. The van der Waals surface area contributed by atoms with Gasteiger partial charge < -0.3 is 0 Å². The van der Waals surface area contributed by atoms with Crippen LogP contribution in [0.25, 0.3) is 0 Å². The quantitative estimate of drug-likeness (QED) is 0.360. The molecule has 0 heteroatoms. The van der Waals surface area contributed by atoms with Gasteiger partial charge >= 0.3 is 0 Å². The van der Waals surface area contributed by atoms with Crippen molar-refractivity contribution in [2.75, 3.05) is 0 Å². The molecule has 0 saturated heterocycles. The lowest BCUT2D eigenvalue weighted by molar-refractivity contribution is 1.30. The molecule has 0 aromatic carbocycles. The van der Waals surface area contributed by atoms with E-state index in [1.165, 1.54) is 0 Å². The summed E-state index contributed by atoms with van der Waals surface area (Å²) in [7, 11) is 0. The molecule has 1 unspecified atom stereocenters. The molecule has 0 bridgehead atoms. The molecule has 1 rings (SSSR count). The molecule has 1 atom stereocenters. The second kappa shape index (κ2) is 0.621. The van der Waals surface area contributed by atoms with Crippen LogP contribution >= 0.6 is 0 Å². The van der Waals surface area contributed by atoms with Crippen molar-refractivity contribution in [2.45, 2.75) is 0 Å². The number of hydrogen-bond donors (Lipinski definition) is 0. The minimum Gasteiger partial charge on any atom is -0.0767 e. The summed E-state index contributed by atoms with van der Waals surface area (Å²) in [6.45, 7) is 0. The van der Waals surface area contributed by atoms with E-state index >= 15 is 0 Å². The van der Waals surface area contributed by atoms with Crippen molar-refractivity contribution in [1.29, 1.82) is 0 Å². The maximum atomic E-state index is 6.38. The van der Waals surface area contributed by atoms with Gasteiger partial charge in [-0.25, -0.2) is 0 Å². The summed E-state index contributed by atoms with van der Waals surface area (Å²) >= 11 is 0. The van der Waals surface area contributed by atoms with Gasteiger partial charge in [-0.05, 0) is 12.5 Å². The summed E-state index contributed by atoms with van der Waals surface area (Å²) in [6.07, 6.45) is 10.9. The fourth-order valence-electron chi connectivity index (χ4n) is 0.131. The summed E-state index contributed by atoms with van der Waals surface area (Å²) in [5.41, 5.74) is 0. The maximum absolute atomic E-state index is 6.38. The van der Waals surface area contributed by atoms with Gasteiger partial charge in [-0.15, -0.1) is 0 Å². The molecule has 1 aliphatic carbocycles. The largest absolute Gasteiger partial charge is 0.0767 e. The normalized spacial score (nSPS) is 18.2. The van der Waals surface area contributed by atoms with E-state index in [1.807, 2.05) is 0 Å². The highest BCUT2D eigenvalue weighted by molar-refractivity contribution is 5.18. The Hall–Kier alpha value is -0.700. The number of allylic oxidation sites excluding steroid dienone is 2. The van der Waals surface area contributed by atoms with Gasteiger partial charge in [-0.1, -0.05) is 12.0 Å². The molecule has 22 valence electrons. The van der Waals surface area contributed by atoms with E-state index in [4.69, 9.17) is 6.42 Å². The van der Waals surface area contributed by atoms with E-state index in [0.29, 0.717) is 0 Å². The van der Waals surface area contributed by atoms with Crippen molar-refractivity contribution in [3.05, 3.63) is 18.6 Å². The Morgan fingerprint density at radius 1 is 2.00 bits per heavy atom. The Labute approximate surface area is 31.5 Å². The van der Waals surface area contributed by atoms with Gasteiger partial charge in [0.1, 0.15) is 0 Å². The Bertz CT molecular complexity index is 87.1. The van der Waals surface area contributed by atoms with Crippen LogP contribution in [0, 0.1) is 24.3 Å². The predicted molar refractivity (Wildman–Crippen MR) is 18.4 cm³/mol. The molecule has 0 aromatic rings. The highest BCUT2D eigenvalue weighted by atomic mass is 14.0. The Morgan fingerprint density at radius 2 is 2.60 bits per heavy atom. The molecule has 0 nitrogen and oxygen atoms in total. The average molecular weight is 62.1 g/mol. The van der Waals surface area contributed by atoms with E-state index in [0.717, 1.165) is 0 Å². The van der Waals surface area contributed by atoms with Crippen LogP contribution in [0.4, 0.5) is 0 Å². The van der Waals surface area contributed by atoms with Crippen LogP contribution in [0.2, 0.25) is 0 Å². The first-order valence-electron chi connectivity index (χ1n) is 1.45. The smallest absolute Gasteiger partial charge is 0.0649 e. The summed E-state index contributed by atoms with van der Waals surface area (Å²) < 4.78 is 0. The predicted octanol–water partition coefficient (Wildman–Crippen LogP) is 0.565. The van der Waals surface area contributed by atoms with Crippen LogP contribution in [0.15, 0.2) is 6.08 Å². The SMILES string of the molecule is [C]#CC1[C]=C1. The van der Waals surface area contributed by atoms with Crippen LogP contribution in [0.3, 0.4) is 0 Å². The summed E-state index contributed by atoms with van der Waals surface area (Å²) in [6, 6.07) is 0. The van der Waals surface area contributed by atoms with Crippen LogP contribution in [-0.2, 0) is 0 Å². The summed E-state index contributed by atoms with van der Waals surface area (Å²) in [5.74, 6) is 2.40. The van der Waals surface area contributed by atoms with E-state index in [1.54, 1.807) is 6.08 Å². The molecule has 2 radical (unpaired) electrons. The zero-order valence-electron chi connectivity index (χ0n) is 2.65. The number of rotatable bonds is 0. The standard InChI is InChI=1S/C5H2/c1-2-5-3-4-5/h3,5H. The molecule has 5 heavy (non-hydrogen) atoms. The molecule has 0 spiro atoms. The zero-order chi connectivity index (χ0) is 3.70. The molecule has 0 aromatic heterocycles. The second-order valence-corrected chi connectivity index (χ2v) is 0.955. The van der Waals surface area contributed by atoms with Crippen LogP contribution in [-0.4, -0.2) is 0 Å². The van der Waals surface area contributed by atoms with Gasteiger partial charge in [0.15, 0.2) is 0 Å². The van der Waals surface area contributed by atoms with Crippen LogP contribution in [0.1, 0.15) is 0 Å². The minimum absolute atomic E-state index is 0.176. The van der Waals surface area contributed by atoms with Gasteiger partial charge in [0.25, 0.3) is 0 Å². The van der Waals surface area contributed by atoms with E-state index in [-0.39, 0.29) is 5.92 Å². The van der Waals surface area contributed by atoms with Crippen molar-refractivity contribution in [2.24, 2.45) is 5.92 Å². The molecule has 0 fully saturated rings. The first kappa shape index (κ1) is 2.53. The lowest BCUT2D eigenvalue weighted by Gasteiger charge is -1.59. The molecule has 1 aliphatic rings. The Balaban J connectivity index is 2.37. The average Bonchev–Trinajstić information content (AvgIpc) is 2.12. The van der Waals surface area contributed by atoms with Crippen molar-refractivity contribution >= 4 is 0 Å². The topological polar surface area (TPSA) is 0 Å². The fraction of sp³-hybridized carbons (Fsp3) is 0.200. The third kappa shape index (κ3) is 0.302. The van der Waals surface area contributed by atoms with E-state index < -0.39 is 0 Å². The van der Waals surface area contributed by atoms with Gasteiger partial charge in [-0.3, -0.25) is 0 Å². The third-order valence-corrected chi connectivity index (χ3v) is 0.489. The van der Waals surface area contributed by atoms with Crippen molar-refractivity contribution in [1.82, 2.24) is 0 Å². The lowest BCUT2D eigenvalue weighted by atomic mass is 10.4. The van der Waals surface area contributed by atoms with E-state index in [9.17, 15) is 0 Å². The van der Waals surface area contributed by atoms with Gasteiger partial charge in [0, 0.05) is 0 Å². The second-order valence-electron chi connectivity index (χ2n) is 0.955. The molecular formula is C5H2. The summed E-state index contributed by atoms with van der Waals surface area (Å²) in [5, 5.41) is 0. The molecule has 0 amide bonds. The molecule has 0 aliphatic heterocycles. The minimum atomic E-state index is 0.176. The van der Waals surface area contributed by atoms with Crippen LogP contribution < -0.4 is 0 Å². The third-order valence-electron chi connectivity index (χ3n) is 0.489. The first-order chi connectivity index (χ1) is 2.43. The Kier molecular flexibility index (Phi) is 0.315. The van der Waals surface area contributed by atoms with E-state index in [2.05, 4.69) is 12.0 Å². The molecule has 0 heterocycles. The monoisotopic (exact) mass is 62.0 g/mol. The number of hydrogen-bond acceptors (Lipinski definition) is 0. The highest BCUT2D eigenvalue weighted by Crippen LogP contribution is 2.10. The van der Waals surface area contributed by atoms with Crippen molar-refractivity contribution in [3.8, 4) is 5.92 Å². The van der Waals surface area contributed by atoms with Crippen molar-refractivity contribution < 1.29 is 0 Å². The zero-order valence-corrected chi connectivity index (χ0v) is 2.65. The maximum Gasteiger partial charge on any atom is 0.0649 e. The van der Waals surface area contributed by atoms with Gasteiger partial charge in [0.05, 0.1) is 5.92 Å².